The van der Waals surface area contributed by atoms with Gasteiger partial charge in [-0.1, -0.05) is 11.3 Å². The van der Waals surface area contributed by atoms with Crippen LogP contribution in [0.15, 0.2) is 36.5 Å². The molecule has 4 aromatic rings. The first kappa shape index (κ1) is 24.3. The van der Waals surface area contributed by atoms with Crippen LogP contribution < -0.4 is 10.1 Å². The maximum absolute atomic E-state index is 13.5. The van der Waals surface area contributed by atoms with Crippen LogP contribution in [-0.4, -0.2) is 66.8 Å². The van der Waals surface area contributed by atoms with E-state index in [0.29, 0.717) is 35.4 Å². The standard InChI is InChI=1S/C28H32N8O2/c1-16-7-17(2)9-20(8-16)30-28-29-13-19-14-35(15-25(19)31-28)21-5-6-36(18(3)10-21)27(37)22-11-23-24(33-34-32-23)12-26(22)38-4/h7-9,11-13,18,21H,5-6,10,14-15H2,1-4H3,(H,29,30,31)(H,32,33,34)/t18-,21-/m1/s1. The Morgan fingerprint density at radius 3 is 2.71 bits per heavy atom. The van der Waals surface area contributed by atoms with Crippen molar-refractivity contribution in [1.82, 2.24) is 35.2 Å². The summed E-state index contributed by atoms with van der Waals surface area (Å²) in [7, 11) is 1.58. The molecule has 10 nitrogen and oxygen atoms in total. The average molecular weight is 513 g/mol. The van der Waals surface area contributed by atoms with Crippen LogP contribution in [0.1, 0.15) is 52.5 Å². The Hall–Kier alpha value is -4.05. The van der Waals surface area contributed by atoms with Gasteiger partial charge in [0, 0.05) is 55.2 Å². The largest absolute Gasteiger partial charge is 0.496 e. The second kappa shape index (κ2) is 9.68. The smallest absolute Gasteiger partial charge is 0.257 e. The second-order valence-corrected chi connectivity index (χ2v) is 10.5. The molecule has 4 heterocycles. The molecule has 2 aromatic heterocycles. The van der Waals surface area contributed by atoms with Gasteiger partial charge >= 0.3 is 0 Å². The van der Waals surface area contributed by atoms with Crippen LogP contribution in [0.4, 0.5) is 11.6 Å². The van der Waals surface area contributed by atoms with Crippen molar-refractivity contribution in [3.8, 4) is 5.75 Å². The third kappa shape index (κ3) is 4.56. The summed E-state index contributed by atoms with van der Waals surface area (Å²) in [5, 5.41) is 14.1. The van der Waals surface area contributed by atoms with Crippen molar-refractivity contribution in [2.45, 2.75) is 58.8 Å². The van der Waals surface area contributed by atoms with Crippen LogP contribution >= 0.6 is 0 Å². The number of hydrogen-bond acceptors (Lipinski definition) is 8. The summed E-state index contributed by atoms with van der Waals surface area (Å²) in [6, 6.07) is 10.4. The Morgan fingerprint density at radius 2 is 1.95 bits per heavy atom. The highest BCUT2D eigenvalue weighted by Gasteiger charge is 2.36. The van der Waals surface area contributed by atoms with Crippen molar-refractivity contribution in [1.29, 1.82) is 0 Å². The van der Waals surface area contributed by atoms with Crippen LogP contribution in [0, 0.1) is 13.8 Å². The van der Waals surface area contributed by atoms with Crippen molar-refractivity contribution < 1.29 is 9.53 Å². The zero-order valence-electron chi connectivity index (χ0n) is 22.2. The number of ether oxygens (including phenoxy) is 1. The summed E-state index contributed by atoms with van der Waals surface area (Å²) in [6.45, 7) is 8.61. The molecule has 0 unspecified atom stereocenters. The first-order valence-corrected chi connectivity index (χ1v) is 13.0. The zero-order valence-corrected chi connectivity index (χ0v) is 22.2. The van der Waals surface area contributed by atoms with Crippen LogP contribution in [0.25, 0.3) is 11.0 Å². The molecule has 2 atom stereocenters. The monoisotopic (exact) mass is 512 g/mol. The molecule has 2 aromatic carbocycles. The van der Waals surface area contributed by atoms with Gasteiger partial charge in [0.2, 0.25) is 5.95 Å². The average Bonchev–Trinajstić information content (AvgIpc) is 3.53. The molecule has 0 aliphatic carbocycles. The molecule has 196 valence electrons. The number of aryl methyl sites for hydroxylation is 2. The number of hydrogen-bond donors (Lipinski definition) is 2. The maximum Gasteiger partial charge on any atom is 0.257 e. The Kier molecular flexibility index (Phi) is 6.19. The molecule has 38 heavy (non-hydrogen) atoms. The lowest BCUT2D eigenvalue weighted by Gasteiger charge is -2.41. The number of H-pyrrole nitrogens is 1. The van der Waals surface area contributed by atoms with Crippen molar-refractivity contribution in [2.24, 2.45) is 0 Å². The molecular weight excluding hydrogens is 480 g/mol. The first-order chi connectivity index (χ1) is 18.4. The van der Waals surface area contributed by atoms with Gasteiger partial charge in [0.15, 0.2) is 0 Å². The van der Waals surface area contributed by atoms with E-state index >= 15 is 0 Å². The van der Waals surface area contributed by atoms with Crippen molar-refractivity contribution in [3.05, 3.63) is 64.5 Å². The van der Waals surface area contributed by atoms with Gasteiger partial charge in [0.25, 0.3) is 5.91 Å². The van der Waals surface area contributed by atoms with E-state index < -0.39 is 0 Å². The quantitative estimate of drug-likeness (QED) is 0.411. The number of aromatic amines is 1. The predicted molar refractivity (Wildman–Crippen MR) is 144 cm³/mol. The number of piperidine rings is 1. The minimum Gasteiger partial charge on any atom is -0.496 e. The number of anilines is 2. The highest BCUT2D eigenvalue weighted by Crippen LogP contribution is 2.32. The molecule has 0 spiro atoms. The van der Waals surface area contributed by atoms with Crippen LogP contribution in [0.2, 0.25) is 0 Å². The second-order valence-electron chi connectivity index (χ2n) is 10.5. The molecule has 2 aliphatic heterocycles. The summed E-state index contributed by atoms with van der Waals surface area (Å²) >= 11 is 0. The summed E-state index contributed by atoms with van der Waals surface area (Å²) in [5.74, 6) is 1.12. The number of carbonyl (C=O) groups excluding carboxylic acids is 1. The number of likely N-dealkylation sites (tertiary alicyclic amines) is 1. The molecule has 2 N–H and O–H groups in total. The van der Waals surface area contributed by atoms with E-state index in [4.69, 9.17) is 9.72 Å². The number of nitrogens with one attached hydrogen (secondary N) is 2. The van der Waals surface area contributed by atoms with Gasteiger partial charge < -0.3 is 15.0 Å². The van der Waals surface area contributed by atoms with E-state index in [9.17, 15) is 4.79 Å². The van der Waals surface area contributed by atoms with Crippen molar-refractivity contribution in [3.63, 3.8) is 0 Å². The van der Waals surface area contributed by atoms with Gasteiger partial charge in [-0.25, -0.2) is 9.97 Å². The maximum atomic E-state index is 13.5. The Bertz CT molecular complexity index is 1500. The molecule has 0 bridgehead atoms. The number of rotatable bonds is 5. The molecule has 0 saturated carbocycles. The third-order valence-corrected chi connectivity index (χ3v) is 7.66. The number of nitrogens with zero attached hydrogens (tertiary/aromatic N) is 6. The fourth-order valence-electron chi connectivity index (χ4n) is 5.82. The minimum absolute atomic E-state index is 0.0321. The SMILES string of the molecule is COc1cc2[nH]nnc2cc1C(=O)N1CC[C@@H](N2Cc3cnc(Nc4cc(C)cc(C)c4)nc3C2)C[C@H]1C. The van der Waals surface area contributed by atoms with Gasteiger partial charge in [-0.2, -0.15) is 0 Å². The first-order valence-electron chi connectivity index (χ1n) is 13.0. The number of methoxy groups -OCH3 is 1. The van der Waals surface area contributed by atoms with Gasteiger partial charge in [-0.15, -0.1) is 5.10 Å². The Balaban J connectivity index is 1.12. The fraction of sp³-hybridized carbons (Fsp3) is 0.393. The minimum atomic E-state index is -0.0321. The number of benzene rings is 2. The third-order valence-electron chi connectivity index (χ3n) is 7.66. The van der Waals surface area contributed by atoms with Gasteiger partial charge in [-0.3, -0.25) is 14.8 Å². The van der Waals surface area contributed by atoms with E-state index in [2.05, 4.69) is 69.6 Å². The topological polar surface area (TPSA) is 112 Å². The number of amides is 1. The number of aromatic nitrogens is 5. The molecule has 6 rings (SSSR count). The lowest BCUT2D eigenvalue weighted by molar-refractivity contribution is 0.0458. The van der Waals surface area contributed by atoms with Gasteiger partial charge in [-0.05, 0) is 62.9 Å². The van der Waals surface area contributed by atoms with E-state index in [-0.39, 0.29) is 11.9 Å². The molecule has 1 saturated heterocycles. The summed E-state index contributed by atoms with van der Waals surface area (Å²) < 4.78 is 5.52. The van der Waals surface area contributed by atoms with E-state index in [1.54, 1.807) is 19.2 Å². The molecule has 0 radical (unpaired) electrons. The van der Waals surface area contributed by atoms with Crippen molar-refractivity contribution in [2.75, 3.05) is 19.0 Å². The fourth-order valence-corrected chi connectivity index (χ4v) is 5.82. The summed E-state index contributed by atoms with van der Waals surface area (Å²) in [6.07, 6.45) is 3.75. The van der Waals surface area contributed by atoms with Gasteiger partial charge in [0.05, 0.1) is 23.9 Å². The normalized spacial score (nSPS) is 19.5. The highest BCUT2D eigenvalue weighted by atomic mass is 16.5. The number of fused-ring (bicyclic) bond motifs is 2. The van der Waals surface area contributed by atoms with Crippen LogP contribution in [0.5, 0.6) is 5.75 Å². The molecule has 1 amide bonds. The number of carbonyl (C=O) groups is 1. The Morgan fingerprint density at radius 1 is 1.13 bits per heavy atom. The lowest BCUT2D eigenvalue weighted by atomic mass is 9.96. The van der Waals surface area contributed by atoms with E-state index in [1.165, 1.54) is 16.7 Å². The molecule has 2 aliphatic rings. The summed E-state index contributed by atoms with van der Waals surface area (Å²) in [4.78, 5) is 27.4. The highest BCUT2D eigenvalue weighted by molar-refractivity contribution is 6.00. The van der Waals surface area contributed by atoms with E-state index in [0.717, 1.165) is 42.8 Å². The summed E-state index contributed by atoms with van der Waals surface area (Å²) in [5.41, 5.74) is 7.57. The van der Waals surface area contributed by atoms with Gasteiger partial charge in [0.1, 0.15) is 11.3 Å². The molecule has 10 heteroatoms. The Labute approximate surface area is 221 Å². The van der Waals surface area contributed by atoms with E-state index in [1.807, 2.05) is 11.1 Å². The predicted octanol–water partition coefficient (Wildman–Crippen LogP) is 4.13. The van der Waals surface area contributed by atoms with Crippen LogP contribution in [-0.2, 0) is 13.1 Å². The molecule has 1 fully saturated rings. The zero-order chi connectivity index (χ0) is 26.4. The molecular formula is C28H32N8O2. The van der Waals surface area contributed by atoms with Crippen LogP contribution in [0.3, 0.4) is 0 Å². The van der Waals surface area contributed by atoms with Crippen molar-refractivity contribution >= 4 is 28.6 Å². The lowest BCUT2D eigenvalue weighted by Crippen LogP contribution is -2.50.